The highest BCUT2D eigenvalue weighted by atomic mass is 79.9. The summed E-state index contributed by atoms with van der Waals surface area (Å²) >= 11 is 3.39. The lowest BCUT2D eigenvalue weighted by Gasteiger charge is -2.17. The fourth-order valence-corrected chi connectivity index (χ4v) is 5.25. The van der Waals surface area contributed by atoms with Gasteiger partial charge < -0.3 is 4.18 Å². The Hall–Kier alpha value is -3.75. The number of carbonyl (C=O) groups is 1. The highest BCUT2D eigenvalue weighted by molar-refractivity contribution is 9.10. The van der Waals surface area contributed by atoms with Gasteiger partial charge in [0, 0.05) is 10.0 Å². The summed E-state index contributed by atoms with van der Waals surface area (Å²) in [6.45, 7) is 3.89. The minimum absolute atomic E-state index is 0.0455. The van der Waals surface area contributed by atoms with Gasteiger partial charge in [0.15, 0.2) is 5.75 Å². The molecule has 1 N–H and O–H groups in total. The average molecular weight is 592 g/mol. The van der Waals surface area contributed by atoms with Crippen LogP contribution < -0.4 is 9.61 Å². The summed E-state index contributed by atoms with van der Waals surface area (Å²) in [4.78, 5) is 13.3. The van der Waals surface area contributed by atoms with Crippen molar-refractivity contribution >= 4 is 38.2 Å². The van der Waals surface area contributed by atoms with E-state index in [2.05, 4.69) is 26.5 Å². The number of nitrogens with one attached hydrogen (secondary N) is 1. The lowest BCUT2D eigenvalue weighted by molar-refractivity contribution is -0.122. The Bertz CT molecular complexity index is 1550. The van der Waals surface area contributed by atoms with Crippen LogP contribution in [0.25, 0.3) is 0 Å². The van der Waals surface area contributed by atoms with E-state index in [0.29, 0.717) is 16.5 Å². The lowest BCUT2D eigenvalue weighted by Crippen LogP contribution is -2.27. The summed E-state index contributed by atoms with van der Waals surface area (Å²) in [5.41, 5.74) is 7.00. The van der Waals surface area contributed by atoms with Crippen molar-refractivity contribution in [2.45, 2.75) is 31.1 Å². The standard InChI is InChI=1S/C30H27BrN2O4S/c1-21-12-15-27(16-13-21)38(35,36)37-29-17-14-26(31)18-25(29)20-32-33-30(34)28(23-9-4-3-5-10-23)19-24-11-7-6-8-22(24)2/h3-18,20,28H,19H2,1-2H3,(H,33,34). The van der Waals surface area contributed by atoms with Crippen molar-refractivity contribution in [3.05, 3.63) is 129 Å². The molecule has 38 heavy (non-hydrogen) atoms. The molecule has 0 saturated heterocycles. The Kier molecular flexibility index (Phi) is 8.76. The summed E-state index contributed by atoms with van der Waals surface area (Å²) in [6.07, 6.45) is 1.89. The number of nitrogens with zero attached hydrogens (tertiary/aromatic N) is 1. The van der Waals surface area contributed by atoms with Gasteiger partial charge in [-0.05, 0) is 67.3 Å². The lowest BCUT2D eigenvalue weighted by atomic mass is 9.90. The molecule has 0 heterocycles. The molecule has 0 spiro atoms. The topological polar surface area (TPSA) is 84.8 Å². The Morgan fingerprint density at radius 3 is 2.34 bits per heavy atom. The molecule has 0 bridgehead atoms. The van der Waals surface area contributed by atoms with Crippen LogP contribution >= 0.6 is 15.9 Å². The van der Waals surface area contributed by atoms with Gasteiger partial charge in [-0.25, -0.2) is 5.43 Å². The van der Waals surface area contributed by atoms with Gasteiger partial charge in [0.05, 0.1) is 12.1 Å². The molecule has 4 rings (SSSR count). The van der Waals surface area contributed by atoms with Gasteiger partial charge in [0.1, 0.15) is 4.90 Å². The van der Waals surface area contributed by atoms with E-state index in [0.717, 1.165) is 22.3 Å². The molecule has 1 unspecified atom stereocenters. The molecule has 0 aliphatic heterocycles. The fourth-order valence-electron chi connectivity index (χ4n) is 3.92. The van der Waals surface area contributed by atoms with Crippen LogP contribution in [0.4, 0.5) is 0 Å². The molecule has 1 amide bonds. The predicted molar refractivity (Wildman–Crippen MR) is 153 cm³/mol. The summed E-state index contributed by atoms with van der Waals surface area (Å²) in [5, 5.41) is 4.15. The maximum absolute atomic E-state index is 13.3. The van der Waals surface area contributed by atoms with Crippen molar-refractivity contribution < 1.29 is 17.4 Å². The first-order valence-corrected chi connectivity index (χ1v) is 14.2. The number of rotatable bonds is 9. The van der Waals surface area contributed by atoms with Crippen molar-refractivity contribution in [1.29, 1.82) is 0 Å². The van der Waals surface area contributed by atoms with E-state index >= 15 is 0 Å². The SMILES string of the molecule is Cc1ccc(S(=O)(=O)Oc2ccc(Br)cc2C=NNC(=O)C(Cc2ccccc2C)c2ccccc2)cc1. The largest absolute Gasteiger partial charge is 0.378 e. The normalized spacial score (nSPS) is 12.3. The van der Waals surface area contributed by atoms with Gasteiger partial charge in [-0.15, -0.1) is 0 Å². The minimum atomic E-state index is -4.06. The zero-order valence-corrected chi connectivity index (χ0v) is 23.4. The van der Waals surface area contributed by atoms with Crippen molar-refractivity contribution in [3.63, 3.8) is 0 Å². The molecule has 0 fully saturated rings. The van der Waals surface area contributed by atoms with Crippen LogP contribution in [0.1, 0.15) is 33.7 Å². The summed E-state index contributed by atoms with van der Waals surface area (Å²) in [7, 11) is -4.06. The van der Waals surface area contributed by atoms with E-state index in [-0.39, 0.29) is 16.6 Å². The van der Waals surface area contributed by atoms with Crippen LogP contribution in [-0.2, 0) is 21.3 Å². The van der Waals surface area contributed by atoms with E-state index in [4.69, 9.17) is 4.18 Å². The number of benzene rings is 4. The highest BCUT2D eigenvalue weighted by Gasteiger charge is 2.22. The number of carbonyl (C=O) groups excluding carboxylic acids is 1. The highest BCUT2D eigenvalue weighted by Crippen LogP contribution is 2.26. The van der Waals surface area contributed by atoms with Crippen LogP contribution in [-0.4, -0.2) is 20.5 Å². The number of aryl methyl sites for hydroxylation is 2. The molecule has 4 aromatic carbocycles. The third-order valence-corrected chi connectivity index (χ3v) is 7.80. The van der Waals surface area contributed by atoms with Gasteiger partial charge in [-0.1, -0.05) is 88.2 Å². The van der Waals surface area contributed by atoms with E-state index in [9.17, 15) is 13.2 Å². The Balaban J connectivity index is 1.55. The van der Waals surface area contributed by atoms with Crippen LogP contribution in [0, 0.1) is 13.8 Å². The first-order valence-electron chi connectivity index (χ1n) is 12.0. The first-order chi connectivity index (χ1) is 18.2. The maximum atomic E-state index is 13.3. The molecular formula is C30H27BrN2O4S. The predicted octanol–water partition coefficient (Wildman–Crippen LogP) is 6.31. The minimum Gasteiger partial charge on any atom is -0.378 e. The zero-order chi connectivity index (χ0) is 27.1. The molecule has 1 atom stereocenters. The smallest absolute Gasteiger partial charge is 0.339 e. The second-order valence-corrected chi connectivity index (χ2v) is 11.3. The zero-order valence-electron chi connectivity index (χ0n) is 21.0. The summed E-state index contributed by atoms with van der Waals surface area (Å²) in [6, 6.07) is 28.8. The third-order valence-electron chi connectivity index (χ3n) is 6.06. The van der Waals surface area contributed by atoms with Crippen molar-refractivity contribution in [3.8, 4) is 5.75 Å². The average Bonchev–Trinajstić information content (AvgIpc) is 2.90. The fraction of sp³-hybridized carbons (Fsp3) is 0.133. The second kappa shape index (κ2) is 12.2. The molecule has 4 aromatic rings. The number of hydrogen-bond acceptors (Lipinski definition) is 5. The Morgan fingerprint density at radius 1 is 0.947 bits per heavy atom. The Labute approximate surface area is 231 Å². The first kappa shape index (κ1) is 27.3. The quantitative estimate of drug-likeness (QED) is 0.141. The van der Waals surface area contributed by atoms with Crippen LogP contribution in [0.15, 0.2) is 112 Å². The molecule has 8 heteroatoms. The molecule has 6 nitrogen and oxygen atoms in total. The monoisotopic (exact) mass is 590 g/mol. The van der Waals surface area contributed by atoms with E-state index in [1.807, 2.05) is 68.4 Å². The van der Waals surface area contributed by atoms with Gasteiger partial charge in [0.2, 0.25) is 5.91 Å². The van der Waals surface area contributed by atoms with Crippen LogP contribution in [0.3, 0.4) is 0 Å². The number of hydrogen-bond donors (Lipinski definition) is 1. The van der Waals surface area contributed by atoms with Gasteiger partial charge >= 0.3 is 10.1 Å². The molecule has 0 aromatic heterocycles. The molecule has 194 valence electrons. The maximum Gasteiger partial charge on any atom is 0.339 e. The van der Waals surface area contributed by atoms with Crippen molar-refractivity contribution in [2.24, 2.45) is 5.10 Å². The van der Waals surface area contributed by atoms with Gasteiger partial charge in [-0.2, -0.15) is 13.5 Å². The summed E-state index contributed by atoms with van der Waals surface area (Å²) < 4.78 is 31.8. The number of halogens is 1. The van der Waals surface area contributed by atoms with Crippen LogP contribution in [0.2, 0.25) is 0 Å². The molecular weight excluding hydrogens is 564 g/mol. The van der Waals surface area contributed by atoms with Gasteiger partial charge in [0.25, 0.3) is 0 Å². The Morgan fingerprint density at radius 2 is 1.63 bits per heavy atom. The molecule has 0 aliphatic carbocycles. The number of hydrazone groups is 1. The third kappa shape index (κ3) is 6.96. The van der Waals surface area contributed by atoms with E-state index in [1.54, 1.807) is 24.3 Å². The molecule has 0 aliphatic rings. The number of amides is 1. The molecule has 0 saturated carbocycles. The van der Waals surface area contributed by atoms with Gasteiger partial charge in [-0.3, -0.25) is 4.79 Å². The van der Waals surface area contributed by atoms with E-state index in [1.165, 1.54) is 24.4 Å². The second-order valence-electron chi connectivity index (χ2n) is 8.86. The van der Waals surface area contributed by atoms with E-state index < -0.39 is 16.0 Å². The van der Waals surface area contributed by atoms with Crippen LogP contribution in [0.5, 0.6) is 5.75 Å². The van der Waals surface area contributed by atoms with Crippen molar-refractivity contribution in [2.75, 3.05) is 0 Å². The van der Waals surface area contributed by atoms with Crippen molar-refractivity contribution in [1.82, 2.24) is 5.43 Å². The summed E-state index contributed by atoms with van der Waals surface area (Å²) in [5.74, 6) is -0.652. The molecule has 0 radical (unpaired) electrons.